The average molecular weight is 267 g/mol. The van der Waals surface area contributed by atoms with Crippen LogP contribution in [0, 0.1) is 11.7 Å². The summed E-state index contributed by atoms with van der Waals surface area (Å²) in [6, 6.07) is 7.09. The normalized spacial score (nSPS) is 23.3. The quantitative estimate of drug-likeness (QED) is 0.758. The van der Waals surface area contributed by atoms with E-state index in [0.717, 1.165) is 5.92 Å². The van der Waals surface area contributed by atoms with Crippen LogP contribution in [-0.4, -0.2) is 30.4 Å². The molecule has 106 valence electrons. The Labute approximate surface area is 113 Å². The van der Waals surface area contributed by atoms with Crippen molar-refractivity contribution in [1.29, 1.82) is 0 Å². The Hall–Kier alpha value is -0.970. The first-order chi connectivity index (χ1) is 9.20. The van der Waals surface area contributed by atoms with Crippen molar-refractivity contribution >= 4 is 0 Å². The molecule has 1 saturated carbocycles. The SMILES string of the molecule is CCC1CC1NCC(O)COCc1ccccc1F. The fourth-order valence-corrected chi connectivity index (χ4v) is 2.22. The molecule has 3 nitrogen and oxygen atoms in total. The molecule has 0 saturated heterocycles. The first-order valence-electron chi connectivity index (χ1n) is 6.93. The van der Waals surface area contributed by atoms with Crippen molar-refractivity contribution in [1.82, 2.24) is 5.32 Å². The lowest BCUT2D eigenvalue weighted by Gasteiger charge is -2.12. The predicted octanol–water partition coefficient (Wildman–Crippen LogP) is 2.09. The highest BCUT2D eigenvalue weighted by Crippen LogP contribution is 2.32. The van der Waals surface area contributed by atoms with Gasteiger partial charge < -0.3 is 15.2 Å². The lowest BCUT2D eigenvalue weighted by atomic mass is 10.2. The number of aliphatic hydroxyl groups excluding tert-OH is 1. The molecule has 1 aliphatic carbocycles. The van der Waals surface area contributed by atoms with E-state index in [1.807, 2.05) is 0 Å². The van der Waals surface area contributed by atoms with Crippen molar-refractivity contribution in [3.63, 3.8) is 0 Å². The molecule has 0 amide bonds. The van der Waals surface area contributed by atoms with Crippen LogP contribution in [0.4, 0.5) is 4.39 Å². The highest BCUT2D eigenvalue weighted by atomic mass is 19.1. The standard InChI is InChI=1S/C15H22FNO2/c1-2-11-7-15(11)17-8-13(18)10-19-9-12-5-3-4-6-14(12)16/h3-6,11,13,15,17-18H,2,7-10H2,1H3. The maximum atomic E-state index is 13.3. The van der Waals surface area contributed by atoms with Crippen molar-refractivity contribution < 1.29 is 14.2 Å². The van der Waals surface area contributed by atoms with E-state index in [9.17, 15) is 9.50 Å². The number of benzene rings is 1. The van der Waals surface area contributed by atoms with E-state index in [-0.39, 0.29) is 19.0 Å². The zero-order valence-electron chi connectivity index (χ0n) is 11.3. The van der Waals surface area contributed by atoms with Crippen LogP contribution in [-0.2, 0) is 11.3 Å². The maximum absolute atomic E-state index is 13.3. The van der Waals surface area contributed by atoms with Crippen LogP contribution in [0.3, 0.4) is 0 Å². The number of rotatable bonds is 8. The van der Waals surface area contributed by atoms with Crippen molar-refractivity contribution in [2.24, 2.45) is 5.92 Å². The van der Waals surface area contributed by atoms with Crippen LogP contribution in [0.5, 0.6) is 0 Å². The molecule has 3 atom stereocenters. The Balaban J connectivity index is 1.59. The number of ether oxygens (including phenoxy) is 1. The number of nitrogens with one attached hydrogen (secondary N) is 1. The summed E-state index contributed by atoms with van der Waals surface area (Å²) in [5.41, 5.74) is 0.524. The van der Waals surface area contributed by atoms with Crippen LogP contribution in [0.1, 0.15) is 25.3 Å². The van der Waals surface area contributed by atoms with Gasteiger partial charge in [-0.3, -0.25) is 0 Å². The smallest absolute Gasteiger partial charge is 0.128 e. The van der Waals surface area contributed by atoms with Gasteiger partial charge in [0.05, 0.1) is 19.3 Å². The monoisotopic (exact) mass is 267 g/mol. The van der Waals surface area contributed by atoms with Crippen LogP contribution >= 0.6 is 0 Å². The minimum atomic E-state index is -0.537. The second-order valence-corrected chi connectivity index (χ2v) is 5.18. The van der Waals surface area contributed by atoms with Crippen molar-refractivity contribution in [2.75, 3.05) is 13.2 Å². The zero-order valence-corrected chi connectivity index (χ0v) is 11.3. The van der Waals surface area contributed by atoms with Gasteiger partial charge in [-0.05, 0) is 18.4 Å². The summed E-state index contributed by atoms with van der Waals surface area (Å²) in [5, 5.41) is 13.1. The van der Waals surface area contributed by atoms with E-state index in [2.05, 4.69) is 12.2 Å². The largest absolute Gasteiger partial charge is 0.389 e. The second kappa shape index (κ2) is 6.98. The minimum absolute atomic E-state index is 0.199. The van der Waals surface area contributed by atoms with Crippen LogP contribution in [0.15, 0.2) is 24.3 Å². The topological polar surface area (TPSA) is 41.5 Å². The van der Waals surface area contributed by atoms with Gasteiger partial charge in [0.2, 0.25) is 0 Å². The average Bonchev–Trinajstić information content (AvgIpc) is 3.17. The maximum Gasteiger partial charge on any atom is 0.128 e. The Morgan fingerprint density at radius 1 is 1.47 bits per heavy atom. The first kappa shape index (κ1) is 14.4. The number of hydrogen-bond acceptors (Lipinski definition) is 3. The van der Waals surface area contributed by atoms with Gasteiger partial charge in [-0.15, -0.1) is 0 Å². The molecule has 0 radical (unpaired) electrons. The summed E-state index contributed by atoms with van der Waals surface area (Å²) < 4.78 is 18.6. The minimum Gasteiger partial charge on any atom is -0.389 e. The van der Waals surface area contributed by atoms with E-state index in [4.69, 9.17) is 4.74 Å². The molecule has 19 heavy (non-hydrogen) atoms. The summed E-state index contributed by atoms with van der Waals surface area (Å²) in [4.78, 5) is 0. The van der Waals surface area contributed by atoms with Crippen LogP contribution in [0.25, 0.3) is 0 Å². The van der Waals surface area contributed by atoms with E-state index in [1.54, 1.807) is 18.2 Å². The fraction of sp³-hybridized carbons (Fsp3) is 0.600. The summed E-state index contributed by atoms with van der Waals surface area (Å²) in [6.07, 6.45) is 1.86. The van der Waals surface area contributed by atoms with Crippen molar-refractivity contribution in [3.8, 4) is 0 Å². The molecular weight excluding hydrogens is 245 g/mol. The summed E-state index contributed by atoms with van der Waals surface area (Å²) in [5.74, 6) is 0.505. The second-order valence-electron chi connectivity index (χ2n) is 5.18. The van der Waals surface area contributed by atoms with Gasteiger partial charge in [-0.2, -0.15) is 0 Å². The van der Waals surface area contributed by atoms with Crippen molar-refractivity contribution in [3.05, 3.63) is 35.6 Å². The lowest BCUT2D eigenvalue weighted by Crippen LogP contribution is -2.32. The molecule has 1 aromatic rings. The van der Waals surface area contributed by atoms with E-state index >= 15 is 0 Å². The molecule has 0 bridgehead atoms. The Kier molecular flexibility index (Phi) is 5.31. The number of halogens is 1. The van der Waals surface area contributed by atoms with Gasteiger partial charge in [0.25, 0.3) is 0 Å². The molecule has 1 fully saturated rings. The third-order valence-corrected chi connectivity index (χ3v) is 3.59. The van der Waals surface area contributed by atoms with Gasteiger partial charge in [-0.1, -0.05) is 31.5 Å². The highest BCUT2D eigenvalue weighted by molar-refractivity contribution is 5.16. The molecule has 2 rings (SSSR count). The van der Waals surface area contributed by atoms with Crippen LogP contribution < -0.4 is 5.32 Å². The zero-order chi connectivity index (χ0) is 13.7. The third-order valence-electron chi connectivity index (χ3n) is 3.59. The molecular formula is C15H22FNO2. The molecule has 0 aromatic heterocycles. The summed E-state index contributed by atoms with van der Waals surface area (Å²) in [7, 11) is 0. The highest BCUT2D eigenvalue weighted by Gasteiger charge is 2.34. The Bertz CT molecular complexity index is 399. The molecule has 0 aliphatic heterocycles. The molecule has 2 N–H and O–H groups in total. The van der Waals surface area contributed by atoms with Gasteiger partial charge in [0, 0.05) is 18.2 Å². The molecule has 1 aromatic carbocycles. The fourth-order valence-electron chi connectivity index (χ4n) is 2.22. The molecule has 4 heteroatoms. The van der Waals surface area contributed by atoms with E-state index in [1.165, 1.54) is 18.9 Å². The van der Waals surface area contributed by atoms with Crippen LogP contribution in [0.2, 0.25) is 0 Å². The van der Waals surface area contributed by atoms with Gasteiger partial charge in [-0.25, -0.2) is 4.39 Å². The number of aliphatic hydroxyl groups is 1. The molecule has 0 heterocycles. The van der Waals surface area contributed by atoms with Crippen molar-refractivity contribution in [2.45, 2.75) is 38.5 Å². The van der Waals surface area contributed by atoms with Gasteiger partial charge in [0.1, 0.15) is 5.82 Å². The summed E-state index contributed by atoms with van der Waals surface area (Å²) >= 11 is 0. The van der Waals surface area contributed by atoms with E-state index < -0.39 is 6.10 Å². The molecule has 0 spiro atoms. The predicted molar refractivity (Wildman–Crippen MR) is 72.3 cm³/mol. The molecule has 1 aliphatic rings. The Morgan fingerprint density at radius 3 is 2.95 bits per heavy atom. The Morgan fingerprint density at radius 2 is 2.26 bits per heavy atom. The van der Waals surface area contributed by atoms with Gasteiger partial charge in [0.15, 0.2) is 0 Å². The number of hydrogen-bond donors (Lipinski definition) is 2. The van der Waals surface area contributed by atoms with Gasteiger partial charge >= 0.3 is 0 Å². The first-order valence-corrected chi connectivity index (χ1v) is 6.93. The molecule has 3 unspecified atom stereocenters. The van der Waals surface area contributed by atoms with E-state index in [0.29, 0.717) is 18.2 Å². The third kappa shape index (κ3) is 4.56. The summed E-state index contributed by atoms with van der Waals surface area (Å²) in [6.45, 7) is 3.15. The lowest BCUT2D eigenvalue weighted by molar-refractivity contribution is 0.0276.